The number of halogens is 2. The first-order chi connectivity index (χ1) is 12.9. The molecule has 1 atom stereocenters. The Morgan fingerprint density at radius 1 is 1.33 bits per heavy atom. The summed E-state index contributed by atoms with van der Waals surface area (Å²) in [6.07, 6.45) is 4.08. The quantitative estimate of drug-likeness (QED) is 0.700. The first-order valence-corrected chi connectivity index (χ1v) is 8.99. The Hall–Kier alpha value is -1.93. The van der Waals surface area contributed by atoms with Gasteiger partial charge in [-0.3, -0.25) is 4.79 Å². The van der Waals surface area contributed by atoms with E-state index < -0.39 is 17.5 Å². The second kappa shape index (κ2) is 8.39. The van der Waals surface area contributed by atoms with Gasteiger partial charge in [0.2, 0.25) is 0 Å². The average Bonchev–Trinajstić information content (AvgIpc) is 3.16. The molecule has 2 aromatic rings. The van der Waals surface area contributed by atoms with E-state index in [0.29, 0.717) is 29.0 Å². The molecule has 0 amide bonds. The summed E-state index contributed by atoms with van der Waals surface area (Å²) in [6, 6.07) is 5.23. The molecule has 0 radical (unpaired) electrons. The topological polar surface area (TPSA) is 75.5 Å². The van der Waals surface area contributed by atoms with Gasteiger partial charge in [-0.15, -0.1) is 0 Å². The summed E-state index contributed by atoms with van der Waals surface area (Å²) in [5, 5.41) is 5.08. The molecule has 1 fully saturated rings. The number of nitrogens with zero attached hydrogens (tertiary/aromatic N) is 3. The Balaban J connectivity index is 2.09. The smallest absolute Gasteiger partial charge is 0.303 e. The van der Waals surface area contributed by atoms with Crippen molar-refractivity contribution in [2.24, 2.45) is 5.41 Å². The summed E-state index contributed by atoms with van der Waals surface area (Å²) in [5.74, 6) is -0.424. The van der Waals surface area contributed by atoms with E-state index in [2.05, 4.69) is 10.1 Å². The van der Waals surface area contributed by atoms with Crippen molar-refractivity contribution in [1.29, 1.82) is 0 Å². The standard InChI is InChI=1S/C18H19Cl2N3O4/c1-12(24)27-17(18(2)7-25-11-26-8-18)16(23-10-21-9-22-23)6-13-3-4-14(19)15(20)5-13/h3-6,9-10,17H,7-8,11H2,1-2H3. The van der Waals surface area contributed by atoms with Gasteiger partial charge < -0.3 is 14.2 Å². The molecule has 0 saturated carbocycles. The van der Waals surface area contributed by atoms with Crippen molar-refractivity contribution >= 4 is 40.9 Å². The third kappa shape index (κ3) is 4.68. The molecule has 1 aliphatic rings. The van der Waals surface area contributed by atoms with Gasteiger partial charge in [0.15, 0.2) is 6.10 Å². The SMILES string of the molecule is CC(=O)OC(C(=Cc1ccc(Cl)c(Cl)c1)n1cncn1)C1(C)COCOC1. The summed E-state index contributed by atoms with van der Waals surface area (Å²) in [6.45, 7) is 4.21. The molecule has 27 heavy (non-hydrogen) atoms. The maximum absolute atomic E-state index is 11.8. The second-order valence-corrected chi connectivity index (χ2v) is 7.36. The molecular weight excluding hydrogens is 393 g/mol. The van der Waals surface area contributed by atoms with Crippen molar-refractivity contribution in [2.45, 2.75) is 20.0 Å². The van der Waals surface area contributed by atoms with Crippen molar-refractivity contribution < 1.29 is 19.0 Å². The average molecular weight is 412 g/mol. The van der Waals surface area contributed by atoms with Gasteiger partial charge in [0.25, 0.3) is 0 Å². The van der Waals surface area contributed by atoms with Crippen LogP contribution in [0.25, 0.3) is 11.8 Å². The number of hydrogen-bond acceptors (Lipinski definition) is 6. The minimum Gasteiger partial charge on any atom is -0.455 e. The van der Waals surface area contributed by atoms with Crippen LogP contribution in [-0.4, -0.2) is 46.8 Å². The summed E-state index contributed by atoms with van der Waals surface area (Å²) in [4.78, 5) is 15.9. The van der Waals surface area contributed by atoms with Crippen LogP contribution < -0.4 is 0 Å². The fraction of sp³-hybridized carbons (Fsp3) is 0.389. The van der Waals surface area contributed by atoms with E-state index in [4.69, 9.17) is 37.4 Å². The van der Waals surface area contributed by atoms with Crippen LogP contribution in [0.5, 0.6) is 0 Å². The van der Waals surface area contributed by atoms with E-state index >= 15 is 0 Å². The number of aromatic nitrogens is 3. The fourth-order valence-corrected chi connectivity index (χ4v) is 3.21. The monoisotopic (exact) mass is 411 g/mol. The summed E-state index contributed by atoms with van der Waals surface area (Å²) in [5.41, 5.74) is 0.753. The lowest BCUT2D eigenvalue weighted by Crippen LogP contribution is -2.47. The molecule has 0 aliphatic carbocycles. The zero-order chi connectivity index (χ0) is 19.4. The van der Waals surface area contributed by atoms with Crippen molar-refractivity contribution in [2.75, 3.05) is 20.0 Å². The van der Waals surface area contributed by atoms with Gasteiger partial charge in [-0.05, 0) is 23.8 Å². The molecule has 1 unspecified atom stereocenters. The number of ether oxygens (including phenoxy) is 3. The number of carbonyl (C=O) groups excluding carboxylic acids is 1. The number of hydrogen-bond donors (Lipinski definition) is 0. The van der Waals surface area contributed by atoms with E-state index in [-0.39, 0.29) is 6.79 Å². The molecule has 2 heterocycles. The van der Waals surface area contributed by atoms with E-state index in [1.807, 2.05) is 19.1 Å². The highest BCUT2D eigenvalue weighted by molar-refractivity contribution is 6.42. The summed E-state index contributed by atoms with van der Waals surface area (Å²) < 4.78 is 18.2. The van der Waals surface area contributed by atoms with Crippen LogP contribution >= 0.6 is 23.2 Å². The second-order valence-electron chi connectivity index (χ2n) is 6.54. The fourth-order valence-electron chi connectivity index (χ4n) is 2.90. The summed E-state index contributed by atoms with van der Waals surface area (Å²) in [7, 11) is 0. The third-order valence-electron chi connectivity index (χ3n) is 4.16. The molecule has 3 rings (SSSR count). The van der Waals surface area contributed by atoms with Gasteiger partial charge in [-0.1, -0.05) is 36.2 Å². The maximum Gasteiger partial charge on any atom is 0.303 e. The van der Waals surface area contributed by atoms with Gasteiger partial charge in [0.1, 0.15) is 19.4 Å². The predicted molar refractivity (Wildman–Crippen MR) is 101 cm³/mol. The van der Waals surface area contributed by atoms with Crippen molar-refractivity contribution in [3.63, 3.8) is 0 Å². The lowest BCUT2D eigenvalue weighted by atomic mass is 9.83. The molecule has 7 nitrogen and oxygen atoms in total. The molecule has 1 aromatic carbocycles. The Kier molecular flexibility index (Phi) is 6.16. The number of rotatable bonds is 5. The van der Waals surface area contributed by atoms with Gasteiger partial charge in [0.05, 0.1) is 34.4 Å². The van der Waals surface area contributed by atoms with Crippen molar-refractivity contribution in [3.8, 4) is 0 Å². The van der Waals surface area contributed by atoms with E-state index in [9.17, 15) is 4.79 Å². The molecule has 0 N–H and O–H groups in total. The minimum absolute atomic E-state index is 0.206. The van der Waals surface area contributed by atoms with Crippen LogP contribution in [0.4, 0.5) is 0 Å². The molecular formula is C18H19Cl2N3O4. The van der Waals surface area contributed by atoms with Crippen LogP contribution in [0.1, 0.15) is 19.4 Å². The van der Waals surface area contributed by atoms with Crippen LogP contribution in [0, 0.1) is 5.41 Å². The van der Waals surface area contributed by atoms with E-state index in [0.717, 1.165) is 5.56 Å². The van der Waals surface area contributed by atoms with Gasteiger partial charge in [0, 0.05) is 6.92 Å². The third-order valence-corrected chi connectivity index (χ3v) is 4.90. The number of benzene rings is 1. The van der Waals surface area contributed by atoms with Gasteiger partial charge >= 0.3 is 5.97 Å². The lowest BCUT2D eigenvalue weighted by Gasteiger charge is -2.39. The molecule has 0 bridgehead atoms. The van der Waals surface area contributed by atoms with E-state index in [1.54, 1.807) is 16.8 Å². The first-order valence-electron chi connectivity index (χ1n) is 8.23. The normalized spacial score (nSPS) is 18.1. The molecule has 1 aromatic heterocycles. The predicted octanol–water partition coefficient (Wildman–Crippen LogP) is 3.53. The number of esters is 1. The zero-order valence-corrected chi connectivity index (χ0v) is 16.4. The van der Waals surface area contributed by atoms with Crippen molar-refractivity contribution in [1.82, 2.24) is 14.8 Å². The zero-order valence-electron chi connectivity index (χ0n) is 14.9. The summed E-state index contributed by atoms with van der Waals surface area (Å²) >= 11 is 12.2. The largest absolute Gasteiger partial charge is 0.455 e. The highest BCUT2D eigenvalue weighted by Gasteiger charge is 2.43. The Morgan fingerprint density at radius 3 is 2.67 bits per heavy atom. The molecule has 0 spiro atoms. The van der Waals surface area contributed by atoms with Gasteiger partial charge in [-0.25, -0.2) is 9.67 Å². The first kappa shape index (κ1) is 19.8. The minimum atomic E-state index is -0.688. The van der Waals surface area contributed by atoms with Crippen LogP contribution in [0.2, 0.25) is 10.0 Å². The molecule has 1 saturated heterocycles. The maximum atomic E-state index is 11.8. The molecule has 1 aliphatic heterocycles. The molecule has 144 valence electrons. The Bertz CT molecular complexity index is 833. The Labute approximate surface area is 166 Å². The van der Waals surface area contributed by atoms with Crippen LogP contribution in [-0.2, 0) is 19.0 Å². The Morgan fingerprint density at radius 2 is 2.07 bits per heavy atom. The highest BCUT2D eigenvalue weighted by Crippen LogP contribution is 2.36. The molecule has 9 heteroatoms. The van der Waals surface area contributed by atoms with Crippen molar-refractivity contribution in [3.05, 3.63) is 46.5 Å². The number of carbonyl (C=O) groups is 1. The highest BCUT2D eigenvalue weighted by atomic mass is 35.5. The van der Waals surface area contributed by atoms with E-state index in [1.165, 1.54) is 19.6 Å². The van der Waals surface area contributed by atoms with Crippen LogP contribution in [0.3, 0.4) is 0 Å². The van der Waals surface area contributed by atoms with Crippen LogP contribution in [0.15, 0.2) is 30.9 Å². The van der Waals surface area contributed by atoms with Gasteiger partial charge in [-0.2, -0.15) is 5.10 Å². The lowest BCUT2D eigenvalue weighted by molar-refractivity contribution is -0.191.